The number of allylic oxidation sites excluding steroid dienone is 4. The molecule has 132 valence electrons. The van der Waals surface area contributed by atoms with Crippen LogP contribution in [0.4, 0.5) is 0 Å². The molecule has 0 bridgehead atoms. The molecule has 0 atom stereocenters. The van der Waals surface area contributed by atoms with E-state index in [1.54, 1.807) is 0 Å². The Hall–Kier alpha value is -0.520. The molecule has 0 amide bonds. The molecule has 0 unspecified atom stereocenters. The third kappa shape index (κ3) is 7.27. The topological polar surface area (TPSA) is 0 Å². The highest BCUT2D eigenvalue weighted by Crippen LogP contribution is 2.34. The number of hydrogen-bond donors (Lipinski definition) is 0. The lowest BCUT2D eigenvalue weighted by atomic mass is 9.78. The predicted molar refractivity (Wildman–Crippen MR) is 104 cm³/mol. The van der Waals surface area contributed by atoms with Crippen molar-refractivity contribution >= 4 is 0 Å². The van der Waals surface area contributed by atoms with Crippen molar-refractivity contribution in [3.8, 4) is 0 Å². The van der Waals surface area contributed by atoms with Crippen LogP contribution in [0.5, 0.6) is 0 Å². The smallest absolute Gasteiger partial charge is 0.0322 e. The molecule has 0 N–H and O–H groups in total. The van der Waals surface area contributed by atoms with Crippen molar-refractivity contribution in [3.63, 3.8) is 0 Å². The molecule has 0 heterocycles. The van der Waals surface area contributed by atoms with E-state index in [9.17, 15) is 0 Å². The zero-order chi connectivity index (χ0) is 16.3. The van der Waals surface area contributed by atoms with Gasteiger partial charge in [0.05, 0.1) is 0 Å². The van der Waals surface area contributed by atoms with E-state index in [0.717, 1.165) is 23.7 Å². The van der Waals surface area contributed by atoms with E-state index in [2.05, 4.69) is 38.2 Å². The molecular formula is C23H40. The van der Waals surface area contributed by atoms with Crippen molar-refractivity contribution in [2.24, 2.45) is 23.7 Å². The molecule has 0 spiro atoms. The minimum Gasteiger partial charge on any atom is -0.0917 e. The lowest BCUT2D eigenvalue weighted by Crippen LogP contribution is -2.14. The molecule has 0 aliphatic heterocycles. The molecule has 2 saturated carbocycles. The van der Waals surface area contributed by atoms with Crippen molar-refractivity contribution < 1.29 is 0 Å². The molecule has 0 radical (unpaired) electrons. The molecule has 2 fully saturated rings. The van der Waals surface area contributed by atoms with Crippen molar-refractivity contribution in [2.75, 3.05) is 0 Å². The summed E-state index contributed by atoms with van der Waals surface area (Å²) in [6.07, 6.45) is 28.3. The second-order valence-corrected chi connectivity index (χ2v) is 8.27. The summed E-state index contributed by atoms with van der Waals surface area (Å²) in [5.41, 5.74) is 0. The quantitative estimate of drug-likeness (QED) is 0.402. The Bertz CT molecular complexity index is 335. The van der Waals surface area contributed by atoms with Crippen LogP contribution >= 0.6 is 0 Å². The Kier molecular flexibility index (Phi) is 9.09. The highest BCUT2D eigenvalue weighted by molar-refractivity contribution is 4.89. The van der Waals surface area contributed by atoms with Gasteiger partial charge in [0.1, 0.15) is 0 Å². The third-order valence-electron chi connectivity index (χ3n) is 6.59. The minimum absolute atomic E-state index is 0.986. The molecular weight excluding hydrogens is 276 g/mol. The van der Waals surface area contributed by atoms with Crippen molar-refractivity contribution in [1.82, 2.24) is 0 Å². The fourth-order valence-corrected chi connectivity index (χ4v) is 4.71. The van der Waals surface area contributed by atoms with Crippen molar-refractivity contribution in [3.05, 3.63) is 24.3 Å². The first-order valence-corrected chi connectivity index (χ1v) is 10.6. The highest BCUT2D eigenvalue weighted by atomic mass is 14.3. The molecule has 0 heteroatoms. The zero-order valence-electron chi connectivity index (χ0n) is 15.8. The molecule has 2 aliphatic rings. The van der Waals surface area contributed by atoms with Gasteiger partial charge in [0.25, 0.3) is 0 Å². The largest absolute Gasteiger partial charge is 0.0917 e. The van der Waals surface area contributed by atoms with Gasteiger partial charge in [0.2, 0.25) is 0 Å². The van der Waals surface area contributed by atoms with E-state index in [1.165, 1.54) is 83.5 Å². The van der Waals surface area contributed by atoms with E-state index >= 15 is 0 Å². The lowest BCUT2D eigenvalue weighted by molar-refractivity contribution is 0.264. The monoisotopic (exact) mass is 316 g/mol. The van der Waals surface area contributed by atoms with Crippen molar-refractivity contribution in [2.45, 2.75) is 97.3 Å². The Morgan fingerprint density at radius 2 is 1.13 bits per heavy atom. The summed E-state index contributed by atoms with van der Waals surface area (Å²) >= 11 is 0. The maximum Gasteiger partial charge on any atom is -0.0322 e. The van der Waals surface area contributed by atoms with Gasteiger partial charge in [-0.3, -0.25) is 0 Å². The van der Waals surface area contributed by atoms with Crippen LogP contribution in [0.15, 0.2) is 24.3 Å². The summed E-state index contributed by atoms with van der Waals surface area (Å²) in [7, 11) is 0. The molecule has 2 rings (SSSR count). The van der Waals surface area contributed by atoms with Crippen LogP contribution in [0.1, 0.15) is 97.3 Å². The van der Waals surface area contributed by atoms with Gasteiger partial charge in [-0.15, -0.1) is 0 Å². The van der Waals surface area contributed by atoms with E-state index in [1.807, 2.05) is 0 Å². The Morgan fingerprint density at radius 1 is 0.652 bits per heavy atom. The van der Waals surface area contributed by atoms with Crippen LogP contribution in [0.25, 0.3) is 0 Å². The normalized spacial score (nSPS) is 32.8. The van der Waals surface area contributed by atoms with Gasteiger partial charge in [-0.05, 0) is 82.0 Å². The average Bonchev–Trinajstić information content (AvgIpc) is 2.61. The van der Waals surface area contributed by atoms with Gasteiger partial charge in [0, 0.05) is 0 Å². The molecule has 23 heavy (non-hydrogen) atoms. The summed E-state index contributed by atoms with van der Waals surface area (Å²) in [5, 5.41) is 0. The molecule has 0 nitrogen and oxygen atoms in total. The molecule has 0 aromatic heterocycles. The second-order valence-electron chi connectivity index (χ2n) is 8.27. The first-order valence-electron chi connectivity index (χ1n) is 10.6. The Balaban J connectivity index is 1.53. The fourth-order valence-electron chi connectivity index (χ4n) is 4.71. The van der Waals surface area contributed by atoms with Crippen LogP contribution in [0, 0.1) is 23.7 Å². The van der Waals surface area contributed by atoms with Gasteiger partial charge in [-0.1, -0.05) is 63.3 Å². The number of hydrogen-bond acceptors (Lipinski definition) is 0. The number of rotatable bonds is 8. The van der Waals surface area contributed by atoms with E-state index in [4.69, 9.17) is 0 Å². The van der Waals surface area contributed by atoms with Gasteiger partial charge in [0.15, 0.2) is 0 Å². The maximum atomic E-state index is 2.52. The van der Waals surface area contributed by atoms with E-state index in [0.29, 0.717) is 0 Å². The Labute approximate surface area is 145 Å². The fraction of sp³-hybridized carbons (Fsp3) is 0.826. The SMILES string of the molecule is CC=CCCC1CCC(CC=CCC2CCC(CC)CC2)CC1. The summed E-state index contributed by atoms with van der Waals surface area (Å²) in [5.74, 6) is 4.04. The summed E-state index contributed by atoms with van der Waals surface area (Å²) in [4.78, 5) is 0. The predicted octanol–water partition coefficient (Wildman–Crippen LogP) is 7.70. The molecule has 0 aromatic carbocycles. The van der Waals surface area contributed by atoms with E-state index in [-0.39, 0.29) is 0 Å². The lowest BCUT2D eigenvalue weighted by Gasteiger charge is -2.28. The highest BCUT2D eigenvalue weighted by Gasteiger charge is 2.20. The van der Waals surface area contributed by atoms with E-state index < -0.39 is 0 Å². The zero-order valence-corrected chi connectivity index (χ0v) is 15.8. The molecule has 2 aliphatic carbocycles. The average molecular weight is 317 g/mol. The maximum absolute atomic E-state index is 2.52. The van der Waals surface area contributed by atoms with Crippen molar-refractivity contribution in [1.29, 1.82) is 0 Å². The molecule has 0 saturated heterocycles. The van der Waals surface area contributed by atoms with Gasteiger partial charge in [-0.2, -0.15) is 0 Å². The van der Waals surface area contributed by atoms with Crippen LogP contribution in [-0.4, -0.2) is 0 Å². The first-order chi connectivity index (χ1) is 11.3. The van der Waals surface area contributed by atoms with Crippen LogP contribution < -0.4 is 0 Å². The van der Waals surface area contributed by atoms with Gasteiger partial charge in [-0.25, -0.2) is 0 Å². The Morgan fingerprint density at radius 3 is 1.61 bits per heavy atom. The summed E-state index contributed by atoms with van der Waals surface area (Å²) in [6.45, 7) is 4.50. The van der Waals surface area contributed by atoms with Crippen LogP contribution in [-0.2, 0) is 0 Å². The third-order valence-corrected chi connectivity index (χ3v) is 6.59. The second kappa shape index (κ2) is 11.1. The minimum atomic E-state index is 0.986. The summed E-state index contributed by atoms with van der Waals surface area (Å²) in [6, 6.07) is 0. The summed E-state index contributed by atoms with van der Waals surface area (Å²) < 4.78 is 0. The molecule has 0 aromatic rings. The van der Waals surface area contributed by atoms with Gasteiger partial charge >= 0.3 is 0 Å². The van der Waals surface area contributed by atoms with Gasteiger partial charge < -0.3 is 0 Å². The first kappa shape index (κ1) is 18.8. The van der Waals surface area contributed by atoms with Crippen LogP contribution in [0.2, 0.25) is 0 Å². The van der Waals surface area contributed by atoms with Crippen LogP contribution in [0.3, 0.4) is 0 Å². The standard InChI is InChI=1S/C23H40/c1-3-5-6-9-21-16-18-23(19-17-21)11-8-7-10-22-14-12-20(4-2)13-15-22/h3,5,7-8,20-23H,4,6,9-19H2,1-2H3.